The minimum Gasteiger partial charge on any atom is -0.447 e. The first-order valence-electron chi connectivity index (χ1n) is 9.50. The van der Waals surface area contributed by atoms with Crippen LogP contribution in [0.2, 0.25) is 0 Å². The Morgan fingerprint density at radius 1 is 1.17 bits per heavy atom. The van der Waals surface area contributed by atoms with E-state index >= 15 is 0 Å². The molecule has 0 spiro atoms. The Hall–Kier alpha value is -2.93. The van der Waals surface area contributed by atoms with E-state index in [1.54, 1.807) is 11.8 Å². The first kappa shape index (κ1) is 19.4. The number of hydrogen-bond acceptors (Lipinski definition) is 6. The van der Waals surface area contributed by atoms with Crippen LogP contribution in [-0.2, 0) is 4.79 Å². The largest absolute Gasteiger partial charge is 0.447 e. The smallest absolute Gasteiger partial charge is 0.247 e. The first-order chi connectivity index (χ1) is 14.0. The highest BCUT2D eigenvalue weighted by atomic mass is 32.2. The summed E-state index contributed by atoms with van der Waals surface area (Å²) in [7, 11) is 0. The third-order valence-electron chi connectivity index (χ3n) is 4.82. The second-order valence-electron chi connectivity index (χ2n) is 6.92. The first-order valence-corrected chi connectivity index (χ1v) is 10.5. The molecule has 1 aliphatic rings. The van der Waals surface area contributed by atoms with E-state index in [-0.39, 0.29) is 5.91 Å². The number of nitrogens with zero attached hydrogens (tertiary/aromatic N) is 4. The topological polar surface area (TPSA) is 68.2 Å². The number of amides is 1. The van der Waals surface area contributed by atoms with Crippen molar-refractivity contribution in [2.45, 2.75) is 39.1 Å². The van der Waals surface area contributed by atoms with Crippen LogP contribution in [0.3, 0.4) is 0 Å². The molecule has 0 N–H and O–H groups in total. The summed E-state index contributed by atoms with van der Waals surface area (Å²) in [5.74, 6) is 1.10. The normalized spacial score (nSPS) is 15.2. The molecule has 0 radical (unpaired) electrons. The Bertz CT molecular complexity index is 1090. The third-order valence-corrected chi connectivity index (χ3v) is 5.54. The lowest BCUT2D eigenvalue weighted by molar-refractivity contribution is -0.118. The molecule has 1 aromatic heterocycles. The molecular weight excluding hydrogens is 384 g/mol. The van der Waals surface area contributed by atoms with Crippen LogP contribution in [0.4, 0.5) is 5.69 Å². The summed E-state index contributed by atoms with van der Waals surface area (Å²) in [6, 6.07) is 13.8. The van der Waals surface area contributed by atoms with E-state index in [2.05, 4.69) is 21.2 Å². The number of hydrogen-bond donors (Lipinski definition) is 0. The monoisotopic (exact) mass is 406 g/mol. The molecule has 1 unspecified atom stereocenters. The van der Waals surface area contributed by atoms with E-state index in [0.29, 0.717) is 16.7 Å². The molecule has 0 bridgehead atoms. The van der Waals surface area contributed by atoms with Gasteiger partial charge in [-0.1, -0.05) is 60.6 Å². The molecule has 3 aromatic rings. The minimum atomic E-state index is -0.647. The number of anilines is 1. The lowest BCUT2D eigenvalue weighted by Gasteiger charge is -2.30. The number of carbonyl (C=O) groups is 1. The van der Waals surface area contributed by atoms with Gasteiger partial charge in [0.1, 0.15) is 0 Å². The van der Waals surface area contributed by atoms with E-state index < -0.39 is 6.23 Å². The zero-order valence-corrected chi connectivity index (χ0v) is 17.7. The number of rotatable bonds is 3. The van der Waals surface area contributed by atoms with Gasteiger partial charge in [0.25, 0.3) is 0 Å². The number of carbonyl (C=O) groups excluding carboxylic acids is 1. The molecular formula is C22H22N4O2S. The van der Waals surface area contributed by atoms with Crippen LogP contribution in [0.5, 0.6) is 5.88 Å². The van der Waals surface area contributed by atoms with Crippen LogP contribution in [0.1, 0.15) is 36.8 Å². The van der Waals surface area contributed by atoms with E-state index in [1.165, 1.54) is 11.8 Å². The lowest BCUT2D eigenvalue weighted by Crippen LogP contribution is -2.36. The van der Waals surface area contributed by atoms with Crippen LogP contribution in [-0.4, -0.2) is 26.8 Å². The fourth-order valence-electron chi connectivity index (χ4n) is 3.55. The Morgan fingerprint density at radius 2 is 1.97 bits per heavy atom. The van der Waals surface area contributed by atoms with Crippen LogP contribution in [0, 0.1) is 13.8 Å². The van der Waals surface area contributed by atoms with Crippen molar-refractivity contribution in [3.63, 3.8) is 0 Å². The van der Waals surface area contributed by atoms with Gasteiger partial charge in [0.15, 0.2) is 5.69 Å². The number of benzene rings is 2. The maximum atomic E-state index is 12.8. The van der Waals surface area contributed by atoms with Gasteiger partial charge < -0.3 is 4.74 Å². The van der Waals surface area contributed by atoms with E-state index in [0.717, 1.165) is 33.7 Å². The predicted octanol–water partition coefficient (Wildman–Crippen LogP) is 4.71. The minimum absolute atomic E-state index is 0.119. The number of fused-ring (bicyclic) bond motifs is 3. The van der Waals surface area contributed by atoms with Crippen LogP contribution in [0.25, 0.3) is 11.3 Å². The van der Waals surface area contributed by atoms with Crippen molar-refractivity contribution in [1.29, 1.82) is 0 Å². The van der Waals surface area contributed by atoms with Crippen molar-refractivity contribution in [2.24, 2.45) is 0 Å². The van der Waals surface area contributed by atoms with Gasteiger partial charge >= 0.3 is 0 Å². The van der Waals surface area contributed by atoms with Crippen LogP contribution < -0.4 is 9.64 Å². The predicted molar refractivity (Wildman–Crippen MR) is 114 cm³/mol. The van der Waals surface area contributed by atoms with Gasteiger partial charge in [0.05, 0.1) is 5.69 Å². The van der Waals surface area contributed by atoms with Crippen molar-refractivity contribution in [1.82, 2.24) is 15.2 Å². The zero-order chi connectivity index (χ0) is 20.5. The molecule has 0 fully saturated rings. The molecule has 0 saturated heterocycles. The van der Waals surface area contributed by atoms with Gasteiger partial charge in [-0.05, 0) is 31.2 Å². The molecule has 7 heteroatoms. The van der Waals surface area contributed by atoms with Crippen molar-refractivity contribution in [3.8, 4) is 17.1 Å². The van der Waals surface area contributed by atoms with Gasteiger partial charge in [0.2, 0.25) is 23.2 Å². The lowest BCUT2D eigenvalue weighted by atomic mass is 10.0. The van der Waals surface area contributed by atoms with Gasteiger partial charge in [0, 0.05) is 18.1 Å². The van der Waals surface area contributed by atoms with E-state index in [4.69, 9.17) is 4.74 Å². The van der Waals surface area contributed by atoms with Gasteiger partial charge in [-0.25, -0.2) is 0 Å². The Kier molecular flexibility index (Phi) is 5.24. The van der Waals surface area contributed by atoms with E-state index in [9.17, 15) is 4.79 Å². The average Bonchev–Trinajstić information content (AvgIpc) is 2.82. The van der Waals surface area contributed by atoms with Crippen LogP contribution >= 0.6 is 11.8 Å². The molecule has 1 amide bonds. The van der Waals surface area contributed by atoms with E-state index in [1.807, 2.05) is 57.2 Å². The standard InChI is InChI=1S/C22H22N4O2S/c1-5-29-22-23-20-19(24-25-22)17-8-6-7-9-18(17)26(15(4)27)21(28-20)16-11-10-13(2)12-14(16)3/h6-12,21H,5H2,1-4H3. The summed E-state index contributed by atoms with van der Waals surface area (Å²) < 4.78 is 6.39. The van der Waals surface area contributed by atoms with Gasteiger partial charge in [-0.2, -0.15) is 4.98 Å². The summed E-state index contributed by atoms with van der Waals surface area (Å²) in [4.78, 5) is 19.1. The number of aromatic nitrogens is 3. The number of thioether (sulfide) groups is 1. The maximum absolute atomic E-state index is 12.8. The summed E-state index contributed by atoms with van der Waals surface area (Å²) in [5, 5.41) is 9.19. The van der Waals surface area contributed by atoms with Crippen LogP contribution in [0.15, 0.2) is 47.6 Å². The summed E-state index contributed by atoms with van der Waals surface area (Å²) in [5.41, 5.74) is 5.16. The highest BCUT2D eigenvalue weighted by molar-refractivity contribution is 7.99. The highest BCUT2D eigenvalue weighted by Gasteiger charge is 2.35. The Morgan fingerprint density at radius 3 is 2.69 bits per heavy atom. The molecule has 1 aliphatic heterocycles. The molecule has 4 rings (SSSR count). The van der Waals surface area contributed by atoms with Crippen molar-refractivity contribution >= 4 is 23.4 Å². The highest BCUT2D eigenvalue weighted by Crippen LogP contribution is 2.43. The molecule has 2 aromatic carbocycles. The Balaban J connectivity index is 1.96. The number of aryl methyl sites for hydroxylation is 2. The SMILES string of the molecule is CCSc1nnc2c(n1)OC(c1ccc(C)cc1C)N(C(C)=O)c1ccccc1-2. The fraction of sp³-hybridized carbons (Fsp3) is 0.273. The summed E-state index contributed by atoms with van der Waals surface area (Å²) in [6.45, 7) is 7.65. The van der Waals surface area contributed by atoms with Gasteiger partial charge in [-0.15, -0.1) is 10.2 Å². The number of para-hydroxylation sites is 1. The summed E-state index contributed by atoms with van der Waals surface area (Å²) in [6.07, 6.45) is -0.647. The summed E-state index contributed by atoms with van der Waals surface area (Å²) >= 11 is 1.50. The Labute approximate surface area is 174 Å². The van der Waals surface area contributed by atoms with Crippen molar-refractivity contribution in [3.05, 3.63) is 59.2 Å². The van der Waals surface area contributed by atoms with Crippen molar-refractivity contribution in [2.75, 3.05) is 10.7 Å². The zero-order valence-electron chi connectivity index (χ0n) is 16.8. The molecule has 0 aliphatic carbocycles. The molecule has 0 saturated carbocycles. The number of ether oxygens (including phenoxy) is 1. The molecule has 2 heterocycles. The average molecular weight is 407 g/mol. The second-order valence-corrected chi connectivity index (χ2v) is 8.15. The second kappa shape index (κ2) is 7.83. The fourth-order valence-corrected chi connectivity index (χ4v) is 4.05. The third kappa shape index (κ3) is 3.58. The molecule has 1 atom stereocenters. The molecule has 6 nitrogen and oxygen atoms in total. The molecule has 148 valence electrons. The molecule has 29 heavy (non-hydrogen) atoms. The maximum Gasteiger partial charge on any atom is 0.247 e. The van der Waals surface area contributed by atoms with Gasteiger partial charge in [-0.3, -0.25) is 9.69 Å². The quantitative estimate of drug-likeness (QED) is 0.587. The van der Waals surface area contributed by atoms with Crippen molar-refractivity contribution < 1.29 is 9.53 Å².